The van der Waals surface area contributed by atoms with Crippen LogP contribution in [-0.2, 0) is 13.6 Å². The normalized spacial score (nSPS) is 10.2. The van der Waals surface area contributed by atoms with E-state index in [-0.39, 0.29) is 5.69 Å². The van der Waals surface area contributed by atoms with E-state index in [9.17, 15) is 10.1 Å². The number of nitrogens with zero attached hydrogens (tertiary/aromatic N) is 3. The lowest BCUT2D eigenvalue weighted by Crippen LogP contribution is -2.01. The van der Waals surface area contributed by atoms with E-state index in [1.54, 1.807) is 17.9 Å². The smallest absolute Gasteiger partial charge is 0.273 e. The number of hydrogen-bond donors (Lipinski definition) is 2. The number of benzene rings is 1. The van der Waals surface area contributed by atoms with Gasteiger partial charge in [0.25, 0.3) is 5.69 Å². The molecule has 2 rings (SSSR count). The highest BCUT2D eigenvalue weighted by atomic mass is 16.6. The van der Waals surface area contributed by atoms with Crippen LogP contribution in [0.2, 0.25) is 0 Å². The molecule has 7 heteroatoms. The Bertz CT molecular complexity index is 594. The summed E-state index contributed by atoms with van der Waals surface area (Å²) in [5.41, 5.74) is 2.46. The van der Waals surface area contributed by atoms with E-state index in [2.05, 4.69) is 15.7 Å². The van der Waals surface area contributed by atoms with Crippen molar-refractivity contribution >= 4 is 17.1 Å². The molecule has 0 unspecified atom stereocenters. The molecule has 2 aromatic rings. The number of anilines is 2. The summed E-state index contributed by atoms with van der Waals surface area (Å²) in [6, 6.07) is 4.83. The fourth-order valence-corrected chi connectivity index (χ4v) is 1.73. The highest BCUT2D eigenvalue weighted by molar-refractivity contribution is 5.63. The average Bonchev–Trinajstić information content (AvgIpc) is 2.81. The van der Waals surface area contributed by atoms with Gasteiger partial charge in [-0.15, -0.1) is 0 Å². The lowest BCUT2D eigenvalue weighted by molar-refractivity contribution is -0.384. The maximum atomic E-state index is 10.8. The zero-order valence-electron chi connectivity index (χ0n) is 10.8. The molecule has 0 fully saturated rings. The van der Waals surface area contributed by atoms with Crippen molar-refractivity contribution in [3.05, 3.63) is 46.3 Å². The van der Waals surface area contributed by atoms with E-state index in [0.717, 1.165) is 5.56 Å². The van der Waals surface area contributed by atoms with Crippen molar-refractivity contribution in [1.29, 1.82) is 0 Å². The Morgan fingerprint density at radius 1 is 1.37 bits per heavy atom. The van der Waals surface area contributed by atoms with E-state index < -0.39 is 4.92 Å². The van der Waals surface area contributed by atoms with Crippen LogP contribution in [0.3, 0.4) is 0 Å². The monoisotopic (exact) mass is 261 g/mol. The highest BCUT2D eigenvalue weighted by Crippen LogP contribution is 2.24. The van der Waals surface area contributed by atoms with Gasteiger partial charge in [-0.2, -0.15) is 5.10 Å². The van der Waals surface area contributed by atoms with Crippen LogP contribution in [0, 0.1) is 10.1 Å². The van der Waals surface area contributed by atoms with Gasteiger partial charge in [-0.3, -0.25) is 14.8 Å². The van der Waals surface area contributed by atoms with Gasteiger partial charge in [0.05, 0.1) is 11.1 Å². The third kappa shape index (κ3) is 3.21. The summed E-state index contributed by atoms with van der Waals surface area (Å²) in [7, 11) is 3.57. The van der Waals surface area contributed by atoms with Crippen molar-refractivity contribution in [1.82, 2.24) is 9.78 Å². The Balaban J connectivity index is 2.15. The first-order valence-corrected chi connectivity index (χ1v) is 5.77. The number of hydrogen-bond acceptors (Lipinski definition) is 5. The molecule has 1 heterocycles. The van der Waals surface area contributed by atoms with Crippen LogP contribution < -0.4 is 10.6 Å². The van der Waals surface area contributed by atoms with Crippen molar-refractivity contribution < 1.29 is 4.92 Å². The van der Waals surface area contributed by atoms with Crippen molar-refractivity contribution in [2.24, 2.45) is 7.05 Å². The minimum Gasteiger partial charge on any atom is -0.388 e. The first-order chi connectivity index (χ1) is 9.08. The fraction of sp³-hybridized carbons (Fsp3) is 0.250. The van der Waals surface area contributed by atoms with Crippen molar-refractivity contribution in [2.45, 2.75) is 6.54 Å². The summed E-state index contributed by atoms with van der Waals surface area (Å²) in [6.07, 6.45) is 3.65. The average molecular weight is 261 g/mol. The van der Waals surface area contributed by atoms with Crippen LogP contribution in [0.15, 0.2) is 30.6 Å². The molecule has 2 N–H and O–H groups in total. The van der Waals surface area contributed by atoms with Crippen molar-refractivity contribution in [3.63, 3.8) is 0 Å². The summed E-state index contributed by atoms with van der Waals surface area (Å²) < 4.78 is 1.71. The molecule has 0 radical (unpaired) electrons. The number of nitro groups is 1. The molecule has 0 spiro atoms. The van der Waals surface area contributed by atoms with Gasteiger partial charge < -0.3 is 10.6 Å². The van der Waals surface area contributed by atoms with E-state index >= 15 is 0 Å². The SMILES string of the molecule is CNc1cc(NCc2cnn(C)c2)cc([N+](=O)[O-])c1. The molecule has 100 valence electrons. The molecule has 0 saturated heterocycles. The molecule has 0 saturated carbocycles. The first kappa shape index (κ1) is 12.9. The number of rotatable bonds is 5. The van der Waals surface area contributed by atoms with Crippen LogP contribution in [-0.4, -0.2) is 21.8 Å². The maximum Gasteiger partial charge on any atom is 0.273 e. The summed E-state index contributed by atoms with van der Waals surface area (Å²) in [5.74, 6) is 0. The standard InChI is InChI=1S/C12H15N5O2/c1-13-10-3-11(5-12(4-10)17(18)19)14-6-9-7-15-16(2)8-9/h3-5,7-8,13-14H,6H2,1-2H3. The second-order valence-corrected chi connectivity index (χ2v) is 4.15. The lowest BCUT2D eigenvalue weighted by atomic mass is 10.2. The number of aryl methyl sites for hydroxylation is 1. The third-order valence-electron chi connectivity index (χ3n) is 2.67. The van der Waals surface area contributed by atoms with E-state index in [0.29, 0.717) is 17.9 Å². The Labute approximate surface area is 110 Å². The molecule has 0 aliphatic heterocycles. The molecule has 1 aromatic heterocycles. The second-order valence-electron chi connectivity index (χ2n) is 4.15. The zero-order valence-corrected chi connectivity index (χ0v) is 10.8. The summed E-state index contributed by atoms with van der Waals surface area (Å²) >= 11 is 0. The molecular weight excluding hydrogens is 246 g/mol. The largest absolute Gasteiger partial charge is 0.388 e. The van der Waals surface area contributed by atoms with Crippen molar-refractivity contribution in [2.75, 3.05) is 17.7 Å². The Morgan fingerprint density at radius 2 is 2.11 bits per heavy atom. The van der Waals surface area contributed by atoms with Gasteiger partial charge in [0.15, 0.2) is 0 Å². The molecule has 0 aliphatic carbocycles. The molecule has 0 atom stereocenters. The second kappa shape index (κ2) is 5.38. The van der Waals surface area contributed by atoms with Crippen LogP contribution in [0.4, 0.5) is 17.1 Å². The van der Waals surface area contributed by atoms with Gasteiger partial charge in [0, 0.05) is 55.9 Å². The number of non-ortho nitro benzene ring substituents is 1. The minimum absolute atomic E-state index is 0.0561. The fourth-order valence-electron chi connectivity index (χ4n) is 1.73. The molecule has 1 aromatic carbocycles. The summed E-state index contributed by atoms with van der Waals surface area (Å²) in [5, 5.41) is 21.0. The molecule has 0 amide bonds. The third-order valence-corrected chi connectivity index (χ3v) is 2.67. The molecule has 19 heavy (non-hydrogen) atoms. The van der Waals surface area contributed by atoms with Gasteiger partial charge in [-0.1, -0.05) is 0 Å². The Kier molecular flexibility index (Phi) is 3.65. The van der Waals surface area contributed by atoms with Crippen LogP contribution in [0.5, 0.6) is 0 Å². The Hall–Kier alpha value is -2.57. The number of aromatic nitrogens is 2. The predicted molar refractivity (Wildman–Crippen MR) is 73.2 cm³/mol. The number of nitrogens with one attached hydrogen (secondary N) is 2. The van der Waals surface area contributed by atoms with Crippen LogP contribution in [0.25, 0.3) is 0 Å². The first-order valence-electron chi connectivity index (χ1n) is 5.77. The van der Waals surface area contributed by atoms with Gasteiger partial charge in [-0.25, -0.2) is 0 Å². The molecule has 7 nitrogen and oxygen atoms in total. The molecular formula is C12H15N5O2. The predicted octanol–water partition coefficient (Wildman–Crippen LogP) is 1.98. The molecule has 0 aliphatic rings. The maximum absolute atomic E-state index is 10.8. The van der Waals surface area contributed by atoms with Crippen LogP contribution >= 0.6 is 0 Å². The highest BCUT2D eigenvalue weighted by Gasteiger charge is 2.09. The summed E-state index contributed by atoms with van der Waals surface area (Å²) in [6.45, 7) is 0.568. The minimum atomic E-state index is -0.407. The van der Waals surface area contributed by atoms with E-state index in [1.807, 2.05) is 19.3 Å². The van der Waals surface area contributed by atoms with Gasteiger partial charge in [0.2, 0.25) is 0 Å². The van der Waals surface area contributed by atoms with Crippen molar-refractivity contribution in [3.8, 4) is 0 Å². The van der Waals surface area contributed by atoms with Gasteiger partial charge in [0.1, 0.15) is 0 Å². The lowest BCUT2D eigenvalue weighted by Gasteiger charge is -2.07. The zero-order chi connectivity index (χ0) is 13.8. The van der Waals surface area contributed by atoms with E-state index in [4.69, 9.17) is 0 Å². The molecule has 0 bridgehead atoms. The quantitative estimate of drug-likeness (QED) is 0.635. The van der Waals surface area contributed by atoms with E-state index in [1.165, 1.54) is 12.1 Å². The number of nitro benzene ring substituents is 1. The van der Waals surface area contributed by atoms with Gasteiger partial charge in [-0.05, 0) is 6.07 Å². The van der Waals surface area contributed by atoms with Crippen LogP contribution in [0.1, 0.15) is 5.56 Å². The van der Waals surface area contributed by atoms with Gasteiger partial charge >= 0.3 is 0 Å². The Morgan fingerprint density at radius 3 is 2.68 bits per heavy atom. The topological polar surface area (TPSA) is 85.0 Å². The summed E-state index contributed by atoms with van der Waals surface area (Å²) in [4.78, 5) is 10.4.